The summed E-state index contributed by atoms with van der Waals surface area (Å²) in [5.41, 5.74) is 3.15. The van der Waals surface area contributed by atoms with Crippen molar-refractivity contribution >= 4 is 0 Å². The van der Waals surface area contributed by atoms with E-state index in [-0.39, 0.29) is 5.82 Å². The smallest absolute Gasteiger partial charge is 0.166 e. The average Bonchev–Trinajstić information content (AvgIpc) is 2.69. The van der Waals surface area contributed by atoms with Gasteiger partial charge in [-0.1, -0.05) is 54.6 Å². The zero-order valence-electron chi connectivity index (χ0n) is 14.7. The van der Waals surface area contributed by atoms with Crippen molar-refractivity contribution in [2.75, 3.05) is 7.11 Å². The highest BCUT2D eigenvalue weighted by Gasteiger charge is 2.11. The summed E-state index contributed by atoms with van der Waals surface area (Å²) in [4.78, 5) is 0. The van der Waals surface area contributed by atoms with Gasteiger partial charge in [-0.2, -0.15) is 0 Å². The summed E-state index contributed by atoms with van der Waals surface area (Å²) in [6.45, 7) is 1.78. The minimum Gasteiger partial charge on any atom is -0.493 e. The molecule has 1 N–H and O–H groups in total. The van der Waals surface area contributed by atoms with Crippen LogP contribution >= 0.6 is 0 Å². The van der Waals surface area contributed by atoms with Gasteiger partial charge in [-0.25, -0.2) is 4.39 Å². The Morgan fingerprint density at radius 3 is 2.31 bits per heavy atom. The predicted molar refractivity (Wildman–Crippen MR) is 101 cm³/mol. The molecular formula is C22H22FNO2. The summed E-state index contributed by atoms with van der Waals surface area (Å²) in [5, 5.41) is 3.43. The normalized spacial score (nSPS) is 10.5. The van der Waals surface area contributed by atoms with E-state index in [1.165, 1.54) is 17.7 Å². The van der Waals surface area contributed by atoms with E-state index in [1.54, 1.807) is 19.2 Å². The molecule has 0 amide bonds. The Morgan fingerprint density at radius 1 is 0.808 bits per heavy atom. The Morgan fingerprint density at radius 2 is 1.58 bits per heavy atom. The second-order valence-corrected chi connectivity index (χ2v) is 5.95. The van der Waals surface area contributed by atoms with Gasteiger partial charge in [0.25, 0.3) is 0 Å². The van der Waals surface area contributed by atoms with Gasteiger partial charge in [0.05, 0.1) is 7.11 Å². The molecule has 26 heavy (non-hydrogen) atoms. The molecule has 134 valence electrons. The Labute approximate surface area is 153 Å². The van der Waals surface area contributed by atoms with Crippen molar-refractivity contribution < 1.29 is 13.9 Å². The van der Waals surface area contributed by atoms with Crippen molar-refractivity contribution in [3.63, 3.8) is 0 Å². The Balaban J connectivity index is 1.67. The molecule has 3 rings (SSSR count). The van der Waals surface area contributed by atoms with Gasteiger partial charge in [-0.05, 0) is 29.3 Å². The molecule has 3 aromatic carbocycles. The van der Waals surface area contributed by atoms with Crippen LogP contribution in [0.4, 0.5) is 4.39 Å². The van der Waals surface area contributed by atoms with Gasteiger partial charge in [0.2, 0.25) is 0 Å². The third-order valence-electron chi connectivity index (χ3n) is 4.06. The minimum atomic E-state index is -0.253. The first-order valence-electron chi connectivity index (χ1n) is 8.54. The van der Waals surface area contributed by atoms with Crippen LogP contribution in [0.5, 0.6) is 11.5 Å². The molecule has 0 aliphatic rings. The summed E-state index contributed by atoms with van der Waals surface area (Å²) in [5.74, 6) is 1.14. The third-order valence-corrected chi connectivity index (χ3v) is 4.06. The van der Waals surface area contributed by atoms with Crippen molar-refractivity contribution in [1.82, 2.24) is 5.32 Å². The van der Waals surface area contributed by atoms with Gasteiger partial charge < -0.3 is 14.8 Å². The Bertz CT molecular complexity index is 819. The highest BCUT2D eigenvalue weighted by atomic mass is 19.1. The molecule has 3 nitrogen and oxygen atoms in total. The van der Waals surface area contributed by atoms with Gasteiger partial charge in [0.15, 0.2) is 11.5 Å². The van der Waals surface area contributed by atoms with Gasteiger partial charge >= 0.3 is 0 Å². The summed E-state index contributed by atoms with van der Waals surface area (Å²) >= 11 is 0. The maximum atomic E-state index is 13.0. The van der Waals surface area contributed by atoms with Crippen molar-refractivity contribution in [2.24, 2.45) is 0 Å². The first-order chi connectivity index (χ1) is 12.8. The molecule has 0 atom stereocenters. The van der Waals surface area contributed by atoms with E-state index in [2.05, 4.69) is 17.4 Å². The Hall–Kier alpha value is -2.85. The first-order valence-corrected chi connectivity index (χ1v) is 8.54. The highest BCUT2D eigenvalue weighted by Crippen LogP contribution is 2.31. The number of methoxy groups -OCH3 is 1. The first kappa shape index (κ1) is 18.0. The third kappa shape index (κ3) is 4.83. The maximum Gasteiger partial charge on any atom is 0.166 e. The van der Waals surface area contributed by atoms with Crippen LogP contribution in [0.15, 0.2) is 72.8 Å². The number of nitrogens with one attached hydrogen (secondary N) is 1. The average molecular weight is 351 g/mol. The number of benzene rings is 3. The molecule has 4 heteroatoms. The van der Waals surface area contributed by atoms with E-state index in [0.29, 0.717) is 24.7 Å². The molecule has 0 bridgehead atoms. The fourth-order valence-corrected chi connectivity index (χ4v) is 2.70. The van der Waals surface area contributed by atoms with E-state index in [1.807, 2.05) is 36.4 Å². The molecule has 0 heterocycles. The predicted octanol–water partition coefficient (Wildman–Crippen LogP) is 4.70. The zero-order valence-corrected chi connectivity index (χ0v) is 14.7. The number of halogens is 1. The summed E-state index contributed by atoms with van der Waals surface area (Å²) in [7, 11) is 1.63. The van der Waals surface area contributed by atoms with E-state index in [9.17, 15) is 4.39 Å². The molecule has 3 aromatic rings. The molecule has 0 aromatic heterocycles. The largest absolute Gasteiger partial charge is 0.493 e. The molecule has 0 saturated carbocycles. The van der Waals surface area contributed by atoms with Gasteiger partial charge in [0.1, 0.15) is 12.4 Å². The van der Waals surface area contributed by atoms with Crippen LogP contribution in [0, 0.1) is 5.82 Å². The summed E-state index contributed by atoms with van der Waals surface area (Å²) in [6, 6.07) is 22.4. The summed E-state index contributed by atoms with van der Waals surface area (Å²) in [6.07, 6.45) is 0. The van der Waals surface area contributed by atoms with Crippen molar-refractivity contribution in [1.29, 1.82) is 0 Å². The van der Waals surface area contributed by atoms with Crippen molar-refractivity contribution in [3.8, 4) is 11.5 Å². The standard InChI is InChI=1S/C22H22FNO2/c1-25-21-9-5-8-19(15-24-14-17-6-3-2-4-7-17)22(21)26-16-18-10-12-20(23)13-11-18/h2-13,24H,14-16H2,1H3. The monoisotopic (exact) mass is 351 g/mol. The number of hydrogen-bond donors (Lipinski definition) is 1. The van der Waals surface area contributed by atoms with E-state index in [0.717, 1.165) is 17.7 Å². The minimum absolute atomic E-state index is 0.253. The maximum absolute atomic E-state index is 13.0. The molecular weight excluding hydrogens is 329 g/mol. The zero-order chi connectivity index (χ0) is 18.2. The van der Waals surface area contributed by atoms with Crippen LogP contribution in [-0.4, -0.2) is 7.11 Å². The van der Waals surface area contributed by atoms with Crippen LogP contribution in [-0.2, 0) is 19.7 Å². The lowest BCUT2D eigenvalue weighted by atomic mass is 10.1. The number of ether oxygens (including phenoxy) is 2. The van der Waals surface area contributed by atoms with Gasteiger partial charge in [-0.3, -0.25) is 0 Å². The second kappa shape index (κ2) is 9.02. The van der Waals surface area contributed by atoms with Crippen LogP contribution < -0.4 is 14.8 Å². The SMILES string of the molecule is COc1cccc(CNCc2ccccc2)c1OCc1ccc(F)cc1. The van der Waals surface area contributed by atoms with E-state index < -0.39 is 0 Å². The number of rotatable bonds is 8. The summed E-state index contributed by atoms with van der Waals surface area (Å²) < 4.78 is 24.5. The molecule has 0 fully saturated rings. The van der Waals surface area contributed by atoms with E-state index in [4.69, 9.17) is 9.47 Å². The van der Waals surface area contributed by atoms with Gasteiger partial charge in [0, 0.05) is 18.7 Å². The second-order valence-electron chi connectivity index (χ2n) is 5.95. The number of para-hydroxylation sites is 1. The molecule has 0 aliphatic heterocycles. The van der Waals surface area contributed by atoms with Gasteiger partial charge in [-0.15, -0.1) is 0 Å². The Kier molecular flexibility index (Phi) is 6.23. The molecule has 0 saturated heterocycles. The molecule has 0 spiro atoms. The quantitative estimate of drug-likeness (QED) is 0.638. The fraction of sp³-hybridized carbons (Fsp3) is 0.182. The lowest BCUT2D eigenvalue weighted by Gasteiger charge is -2.16. The van der Waals surface area contributed by atoms with E-state index >= 15 is 0 Å². The van der Waals surface area contributed by atoms with Crippen molar-refractivity contribution in [2.45, 2.75) is 19.7 Å². The molecule has 0 aliphatic carbocycles. The van der Waals surface area contributed by atoms with Crippen molar-refractivity contribution in [3.05, 3.63) is 95.3 Å². The van der Waals surface area contributed by atoms with Crippen LogP contribution in [0.25, 0.3) is 0 Å². The van der Waals surface area contributed by atoms with Crippen LogP contribution in [0.2, 0.25) is 0 Å². The highest BCUT2D eigenvalue weighted by molar-refractivity contribution is 5.46. The fourth-order valence-electron chi connectivity index (χ4n) is 2.70. The lowest BCUT2D eigenvalue weighted by Crippen LogP contribution is -2.14. The molecule has 0 unspecified atom stereocenters. The topological polar surface area (TPSA) is 30.5 Å². The van der Waals surface area contributed by atoms with Crippen LogP contribution in [0.1, 0.15) is 16.7 Å². The molecule has 0 radical (unpaired) electrons. The number of hydrogen-bond acceptors (Lipinski definition) is 3. The van der Waals surface area contributed by atoms with Crippen LogP contribution in [0.3, 0.4) is 0 Å². The lowest BCUT2D eigenvalue weighted by molar-refractivity contribution is 0.280.